The normalized spacial score (nSPS) is 11.4. The maximum Gasteiger partial charge on any atom is 0.300 e. The van der Waals surface area contributed by atoms with E-state index in [1.165, 1.54) is 13.2 Å². The van der Waals surface area contributed by atoms with Crippen molar-refractivity contribution in [1.82, 2.24) is 0 Å². The van der Waals surface area contributed by atoms with Crippen molar-refractivity contribution in [3.05, 3.63) is 24.3 Å². The topological polar surface area (TPSA) is 52.6 Å². The van der Waals surface area contributed by atoms with Gasteiger partial charge in [-0.2, -0.15) is 8.42 Å². The molecule has 0 atom stereocenters. The van der Waals surface area contributed by atoms with Crippen LogP contribution in [0.2, 0.25) is 0 Å². The minimum atomic E-state index is -3.72. The van der Waals surface area contributed by atoms with Crippen molar-refractivity contribution in [3.63, 3.8) is 0 Å². The lowest BCUT2D eigenvalue weighted by Crippen LogP contribution is -2.09. The molecule has 5 heteroatoms. The van der Waals surface area contributed by atoms with Crippen molar-refractivity contribution < 1.29 is 17.3 Å². The number of unbranched alkanes of at least 4 members (excludes halogenated alkanes) is 3. The van der Waals surface area contributed by atoms with Gasteiger partial charge in [0, 0.05) is 0 Å². The predicted octanol–water partition coefficient (Wildman–Crippen LogP) is 2.98. The van der Waals surface area contributed by atoms with E-state index in [0.29, 0.717) is 5.75 Å². The largest absolute Gasteiger partial charge is 0.495 e. The SMILES string of the molecule is CCCCCCOS(=O)(=O)c1ccccc1OC. The molecule has 1 aromatic rings. The van der Waals surface area contributed by atoms with E-state index in [2.05, 4.69) is 6.92 Å². The summed E-state index contributed by atoms with van der Waals surface area (Å²) in [5.74, 6) is 0.311. The van der Waals surface area contributed by atoms with Crippen LogP contribution in [0.3, 0.4) is 0 Å². The molecule has 1 aromatic carbocycles. The zero-order valence-corrected chi connectivity index (χ0v) is 11.7. The first-order valence-electron chi connectivity index (χ1n) is 6.14. The molecule has 1 rings (SSSR count). The standard InChI is InChI=1S/C13H20O4S/c1-3-4-5-8-11-17-18(14,15)13-10-7-6-9-12(13)16-2/h6-7,9-10H,3-5,8,11H2,1-2H3. The van der Waals surface area contributed by atoms with E-state index in [1.54, 1.807) is 18.2 Å². The maximum absolute atomic E-state index is 11.9. The van der Waals surface area contributed by atoms with Crippen LogP contribution in [0.15, 0.2) is 29.2 Å². The Hall–Kier alpha value is -1.07. The monoisotopic (exact) mass is 272 g/mol. The number of hydrogen-bond acceptors (Lipinski definition) is 4. The van der Waals surface area contributed by atoms with Gasteiger partial charge in [-0.25, -0.2) is 0 Å². The van der Waals surface area contributed by atoms with Crippen LogP contribution in [0.25, 0.3) is 0 Å². The summed E-state index contributed by atoms with van der Waals surface area (Å²) in [6.45, 7) is 2.33. The lowest BCUT2D eigenvalue weighted by atomic mass is 10.2. The van der Waals surface area contributed by atoms with Gasteiger partial charge in [0.15, 0.2) is 0 Å². The summed E-state index contributed by atoms with van der Waals surface area (Å²) in [5.41, 5.74) is 0. The molecular formula is C13H20O4S. The lowest BCUT2D eigenvalue weighted by molar-refractivity contribution is 0.304. The molecule has 0 aliphatic rings. The molecule has 0 aromatic heterocycles. The first kappa shape index (κ1) is 15.0. The Bertz CT molecular complexity index is 454. The number of hydrogen-bond donors (Lipinski definition) is 0. The Morgan fingerprint density at radius 2 is 1.83 bits per heavy atom. The smallest absolute Gasteiger partial charge is 0.300 e. The van der Waals surface area contributed by atoms with Crippen molar-refractivity contribution >= 4 is 10.1 Å². The second-order valence-corrected chi connectivity index (χ2v) is 5.57. The molecule has 0 radical (unpaired) electrons. The summed E-state index contributed by atoms with van der Waals surface area (Å²) in [6.07, 6.45) is 3.94. The molecule has 4 nitrogen and oxygen atoms in total. The molecule has 0 unspecified atom stereocenters. The van der Waals surface area contributed by atoms with E-state index in [1.807, 2.05) is 0 Å². The van der Waals surface area contributed by atoms with Crippen LogP contribution in [0.4, 0.5) is 0 Å². The molecule has 0 saturated carbocycles. The highest BCUT2D eigenvalue weighted by Crippen LogP contribution is 2.24. The van der Waals surface area contributed by atoms with Crippen LogP contribution in [0.1, 0.15) is 32.6 Å². The molecule has 18 heavy (non-hydrogen) atoms. The third-order valence-corrected chi connectivity index (χ3v) is 3.93. The molecule has 0 aliphatic carbocycles. The fourth-order valence-electron chi connectivity index (χ4n) is 1.59. The fraction of sp³-hybridized carbons (Fsp3) is 0.538. The average Bonchev–Trinajstić information content (AvgIpc) is 2.38. The van der Waals surface area contributed by atoms with Gasteiger partial charge >= 0.3 is 10.1 Å². The van der Waals surface area contributed by atoms with Gasteiger partial charge in [0.05, 0.1) is 13.7 Å². The molecule has 0 saturated heterocycles. The lowest BCUT2D eigenvalue weighted by Gasteiger charge is -2.09. The van der Waals surface area contributed by atoms with Crippen LogP contribution in [0, 0.1) is 0 Å². The average molecular weight is 272 g/mol. The third kappa shape index (κ3) is 4.31. The van der Waals surface area contributed by atoms with Crippen LogP contribution in [-0.2, 0) is 14.3 Å². The van der Waals surface area contributed by atoms with Gasteiger partial charge in [-0.3, -0.25) is 4.18 Å². The van der Waals surface area contributed by atoms with Crippen molar-refractivity contribution in [3.8, 4) is 5.75 Å². The van der Waals surface area contributed by atoms with Crippen molar-refractivity contribution in [1.29, 1.82) is 0 Å². The summed E-state index contributed by atoms with van der Waals surface area (Å²) < 4.78 is 33.9. The number of benzene rings is 1. The Balaban J connectivity index is 2.63. The fourth-order valence-corrected chi connectivity index (χ4v) is 2.69. The summed E-state index contributed by atoms with van der Waals surface area (Å²) in [7, 11) is -2.28. The number of methoxy groups -OCH3 is 1. The summed E-state index contributed by atoms with van der Waals surface area (Å²) in [5, 5.41) is 0. The van der Waals surface area contributed by atoms with E-state index in [9.17, 15) is 8.42 Å². The van der Waals surface area contributed by atoms with E-state index >= 15 is 0 Å². The quantitative estimate of drug-likeness (QED) is 0.539. The zero-order valence-electron chi connectivity index (χ0n) is 10.9. The Morgan fingerprint density at radius 3 is 2.50 bits per heavy atom. The zero-order chi connectivity index (χ0) is 13.4. The second kappa shape index (κ2) is 7.38. The van der Waals surface area contributed by atoms with Crippen LogP contribution < -0.4 is 4.74 Å². The summed E-state index contributed by atoms with van der Waals surface area (Å²) in [4.78, 5) is 0.0861. The predicted molar refractivity (Wildman–Crippen MR) is 70.3 cm³/mol. The van der Waals surface area contributed by atoms with Gasteiger partial charge in [-0.15, -0.1) is 0 Å². The van der Waals surface area contributed by atoms with Crippen molar-refractivity contribution in [2.24, 2.45) is 0 Å². The Morgan fingerprint density at radius 1 is 1.11 bits per heavy atom. The minimum absolute atomic E-state index is 0.0861. The number of rotatable bonds is 8. The number of ether oxygens (including phenoxy) is 1. The van der Waals surface area contributed by atoms with E-state index < -0.39 is 10.1 Å². The second-order valence-electron chi connectivity index (χ2n) is 3.99. The molecule has 0 heterocycles. The van der Waals surface area contributed by atoms with E-state index in [-0.39, 0.29) is 11.5 Å². The van der Waals surface area contributed by atoms with Crippen LogP contribution in [0.5, 0.6) is 5.75 Å². The van der Waals surface area contributed by atoms with E-state index in [0.717, 1.165) is 25.7 Å². The summed E-state index contributed by atoms with van der Waals surface area (Å²) in [6, 6.07) is 6.46. The van der Waals surface area contributed by atoms with E-state index in [4.69, 9.17) is 8.92 Å². The third-order valence-electron chi connectivity index (χ3n) is 2.57. The molecule has 0 bridgehead atoms. The highest BCUT2D eigenvalue weighted by atomic mass is 32.2. The van der Waals surface area contributed by atoms with Gasteiger partial charge in [-0.1, -0.05) is 38.3 Å². The van der Waals surface area contributed by atoms with Crippen LogP contribution in [-0.4, -0.2) is 22.1 Å². The number of para-hydroxylation sites is 1. The molecule has 102 valence electrons. The first-order chi connectivity index (χ1) is 8.61. The Kier molecular flexibility index (Phi) is 6.15. The van der Waals surface area contributed by atoms with Gasteiger partial charge in [-0.05, 0) is 18.6 Å². The highest BCUT2D eigenvalue weighted by molar-refractivity contribution is 7.86. The minimum Gasteiger partial charge on any atom is -0.495 e. The molecule has 0 amide bonds. The van der Waals surface area contributed by atoms with Crippen LogP contribution >= 0.6 is 0 Å². The molecular weight excluding hydrogens is 252 g/mol. The molecule has 0 aliphatic heterocycles. The maximum atomic E-state index is 11.9. The van der Waals surface area contributed by atoms with Gasteiger partial charge in [0.1, 0.15) is 10.6 Å². The molecule has 0 fully saturated rings. The highest BCUT2D eigenvalue weighted by Gasteiger charge is 2.19. The van der Waals surface area contributed by atoms with Crippen molar-refractivity contribution in [2.45, 2.75) is 37.5 Å². The first-order valence-corrected chi connectivity index (χ1v) is 7.55. The van der Waals surface area contributed by atoms with Gasteiger partial charge in [0.2, 0.25) is 0 Å². The molecule has 0 N–H and O–H groups in total. The van der Waals surface area contributed by atoms with Gasteiger partial charge < -0.3 is 4.74 Å². The summed E-state index contributed by atoms with van der Waals surface area (Å²) >= 11 is 0. The molecule has 0 spiro atoms. The Labute approximate surface area is 109 Å². The van der Waals surface area contributed by atoms with Crippen molar-refractivity contribution in [2.75, 3.05) is 13.7 Å². The van der Waals surface area contributed by atoms with Gasteiger partial charge in [0.25, 0.3) is 0 Å².